The number of fused-ring (bicyclic) bond motifs is 1. The van der Waals surface area contributed by atoms with Crippen LogP contribution in [-0.2, 0) is 11.5 Å². The molecule has 1 saturated carbocycles. The Labute approximate surface area is 171 Å². The number of hydrogen-bond donors (Lipinski definition) is 1. The molecule has 154 valence electrons. The number of nitrogens with zero attached hydrogens (tertiary/aromatic N) is 5. The lowest BCUT2D eigenvalue weighted by Crippen LogP contribution is -2.21. The van der Waals surface area contributed by atoms with Gasteiger partial charge >= 0.3 is 0 Å². The largest absolute Gasteiger partial charge is 0.504 e. The topological polar surface area (TPSA) is 95.2 Å². The fourth-order valence-corrected chi connectivity index (χ4v) is 3.99. The highest BCUT2D eigenvalue weighted by Gasteiger charge is 2.31. The van der Waals surface area contributed by atoms with E-state index in [9.17, 15) is 5.11 Å². The third kappa shape index (κ3) is 4.25. The summed E-state index contributed by atoms with van der Waals surface area (Å²) in [6.45, 7) is 8.02. The standard InChI is InChI=1S/C20H27N5O3Si/c1-27-20-16(17(13-5-6-13)22-11-23-20)19-21-9-14-18(24-19)15(26)10-25(14)12-28-7-8-29(2,3)4/h9-11,13,26H,5-8,12H2,1-4H3. The summed E-state index contributed by atoms with van der Waals surface area (Å²) in [5, 5.41) is 10.4. The van der Waals surface area contributed by atoms with Gasteiger partial charge in [0.05, 0.1) is 30.7 Å². The van der Waals surface area contributed by atoms with Gasteiger partial charge in [-0.25, -0.2) is 19.9 Å². The van der Waals surface area contributed by atoms with Gasteiger partial charge in [0.25, 0.3) is 0 Å². The van der Waals surface area contributed by atoms with Crippen LogP contribution < -0.4 is 4.74 Å². The van der Waals surface area contributed by atoms with Crippen LogP contribution in [0.4, 0.5) is 0 Å². The molecule has 4 rings (SSSR count). The number of aromatic nitrogens is 5. The maximum absolute atomic E-state index is 10.4. The molecule has 3 aromatic rings. The predicted molar refractivity (Wildman–Crippen MR) is 113 cm³/mol. The number of rotatable bonds is 8. The van der Waals surface area contributed by atoms with Crippen molar-refractivity contribution in [3.63, 3.8) is 0 Å². The maximum Gasteiger partial charge on any atom is 0.227 e. The summed E-state index contributed by atoms with van der Waals surface area (Å²) in [6, 6.07) is 1.09. The summed E-state index contributed by atoms with van der Waals surface area (Å²) in [5.41, 5.74) is 2.82. The summed E-state index contributed by atoms with van der Waals surface area (Å²) in [4.78, 5) is 17.8. The molecule has 0 aliphatic heterocycles. The highest BCUT2D eigenvalue weighted by atomic mass is 28.3. The van der Waals surface area contributed by atoms with Crippen molar-refractivity contribution in [2.75, 3.05) is 13.7 Å². The molecule has 1 aliphatic carbocycles. The van der Waals surface area contributed by atoms with E-state index in [0.717, 1.165) is 30.1 Å². The first-order valence-electron chi connectivity index (χ1n) is 9.89. The Bertz CT molecular complexity index is 1030. The summed E-state index contributed by atoms with van der Waals surface area (Å²) in [5.74, 6) is 1.40. The Kier molecular flexibility index (Phi) is 5.26. The number of methoxy groups -OCH3 is 1. The monoisotopic (exact) mass is 413 g/mol. The first-order valence-corrected chi connectivity index (χ1v) is 13.6. The van der Waals surface area contributed by atoms with Crippen LogP contribution in [0.15, 0.2) is 18.7 Å². The average molecular weight is 414 g/mol. The van der Waals surface area contributed by atoms with Crippen molar-refractivity contribution in [3.8, 4) is 23.0 Å². The van der Waals surface area contributed by atoms with E-state index in [1.54, 1.807) is 19.5 Å². The zero-order chi connectivity index (χ0) is 20.6. The molecule has 0 unspecified atom stereocenters. The molecule has 0 saturated heterocycles. The number of hydrogen-bond acceptors (Lipinski definition) is 7. The lowest BCUT2D eigenvalue weighted by atomic mass is 10.1. The molecule has 1 fully saturated rings. The van der Waals surface area contributed by atoms with Crippen molar-refractivity contribution in [1.29, 1.82) is 0 Å². The van der Waals surface area contributed by atoms with Crippen LogP contribution in [0.25, 0.3) is 22.4 Å². The van der Waals surface area contributed by atoms with E-state index in [2.05, 4.69) is 39.6 Å². The molecule has 0 aromatic carbocycles. The van der Waals surface area contributed by atoms with Crippen molar-refractivity contribution in [2.45, 2.75) is 51.2 Å². The van der Waals surface area contributed by atoms with Crippen LogP contribution in [0.5, 0.6) is 11.6 Å². The van der Waals surface area contributed by atoms with Gasteiger partial charge in [0.2, 0.25) is 5.88 Å². The molecule has 0 radical (unpaired) electrons. The van der Waals surface area contributed by atoms with Crippen LogP contribution in [0.2, 0.25) is 25.7 Å². The first kappa shape index (κ1) is 19.8. The molecular weight excluding hydrogens is 386 g/mol. The Morgan fingerprint density at radius 1 is 1.21 bits per heavy atom. The Morgan fingerprint density at radius 2 is 2.00 bits per heavy atom. The molecule has 0 spiro atoms. The Balaban J connectivity index is 1.64. The van der Waals surface area contributed by atoms with Crippen LogP contribution in [0, 0.1) is 0 Å². The van der Waals surface area contributed by atoms with Gasteiger partial charge in [-0.05, 0) is 18.9 Å². The highest BCUT2D eigenvalue weighted by molar-refractivity contribution is 6.76. The first-order chi connectivity index (χ1) is 13.9. The Hall–Kier alpha value is -2.52. The second-order valence-corrected chi connectivity index (χ2v) is 14.3. The van der Waals surface area contributed by atoms with E-state index in [1.807, 2.05) is 4.57 Å². The summed E-state index contributed by atoms with van der Waals surface area (Å²) < 4.78 is 13.1. The minimum Gasteiger partial charge on any atom is -0.504 e. The lowest BCUT2D eigenvalue weighted by molar-refractivity contribution is 0.0899. The van der Waals surface area contributed by atoms with Gasteiger partial charge in [-0.3, -0.25) is 0 Å². The molecule has 1 N–H and O–H groups in total. The van der Waals surface area contributed by atoms with Crippen molar-refractivity contribution in [2.24, 2.45) is 0 Å². The van der Waals surface area contributed by atoms with E-state index in [-0.39, 0.29) is 5.75 Å². The highest BCUT2D eigenvalue weighted by Crippen LogP contribution is 2.45. The van der Waals surface area contributed by atoms with Gasteiger partial charge in [-0.2, -0.15) is 0 Å². The summed E-state index contributed by atoms with van der Waals surface area (Å²) in [6.07, 6.45) is 7.04. The minimum absolute atomic E-state index is 0.0984. The molecule has 9 heteroatoms. The normalized spacial score (nSPS) is 14.5. The molecular formula is C20H27N5O3Si. The molecule has 1 aliphatic rings. The second-order valence-electron chi connectivity index (χ2n) is 8.68. The van der Waals surface area contributed by atoms with E-state index in [1.165, 1.54) is 6.33 Å². The van der Waals surface area contributed by atoms with Crippen molar-refractivity contribution in [1.82, 2.24) is 24.5 Å². The van der Waals surface area contributed by atoms with Crippen LogP contribution in [0.3, 0.4) is 0 Å². The van der Waals surface area contributed by atoms with E-state index in [0.29, 0.717) is 42.0 Å². The van der Waals surface area contributed by atoms with Gasteiger partial charge in [0.1, 0.15) is 24.1 Å². The third-order valence-electron chi connectivity index (χ3n) is 5.05. The fourth-order valence-electron chi connectivity index (χ4n) is 3.23. The second kappa shape index (κ2) is 7.72. The van der Waals surface area contributed by atoms with Gasteiger partial charge in [-0.15, -0.1) is 0 Å². The molecule has 3 heterocycles. The van der Waals surface area contributed by atoms with Gasteiger partial charge in [0, 0.05) is 20.6 Å². The zero-order valence-electron chi connectivity index (χ0n) is 17.3. The van der Waals surface area contributed by atoms with E-state index >= 15 is 0 Å². The minimum atomic E-state index is -1.14. The quantitative estimate of drug-likeness (QED) is 0.443. The van der Waals surface area contributed by atoms with Crippen LogP contribution in [-0.4, -0.2) is 51.4 Å². The lowest BCUT2D eigenvalue weighted by Gasteiger charge is -2.15. The van der Waals surface area contributed by atoms with Crippen LogP contribution in [0.1, 0.15) is 24.5 Å². The molecule has 0 amide bonds. The SMILES string of the molecule is COc1ncnc(C2CC2)c1-c1ncc2c(n1)c(O)cn2COCC[Si](C)(C)C. The van der Waals surface area contributed by atoms with Crippen molar-refractivity contribution in [3.05, 3.63) is 24.4 Å². The Morgan fingerprint density at radius 3 is 2.69 bits per heavy atom. The molecule has 8 nitrogen and oxygen atoms in total. The maximum atomic E-state index is 10.4. The molecule has 29 heavy (non-hydrogen) atoms. The molecule has 0 atom stereocenters. The average Bonchev–Trinajstić information content (AvgIpc) is 3.49. The third-order valence-corrected chi connectivity index (χ3v) is 6.75. The molecule has 0 bridgehead atoms. The zero-order valence-corrected chi connectivity index (χ0v) is 18.3. The number of aromatic hydroxyl groups is 1. The smallest absolute Gasteiger partial charge is 0.227 e. The van der Waals surface area contributed by atoms with E-state index < -0.39 is 8.07 Å². The van der Waals surface area contributed by atoms with Crippen molar-refractivity contribution >= 4 is 19.1 Å². The number of ether oxygens (including phenoxy) is 2. The fraction of sp³-hybridized carbons (Fsp3) is 0.500. The van der Waals surface area contributed by atoms with Gasteiger partial charge < -0.3 is 19.1 Å². The predicted octanol–water partition coefficient (Wildman–Crippen LogP) is 3.79. The van der Waals surface area contributed by atoms with Crippen LogP contribution >= 0.6 is 0 Å². The van der Waals surface area contributed by atoms with E-state index in [4.69, 9.17) is 9.47 Å². The van der Waals surface area contributed by atoms with Gasteiger partial charge in [-0.1, -0.05) is 19.6 Å². The molecule has 3 aromatic heterocycles. The van der Waals surface area contributed by atoms with Crippen molar-refractivity contribution < 1.29 is 14.6 Å². The summed E-state index contributed by atoms with van der Waals surface area (Å²) >= 11 is 0. The van der Waals surface area contributed by atoms with Gasteiger partial charge in [0.15, 0.2) is 11.6 Å². The summed E-state index contributed by atoms with van der Waals surface area (Å²) in [7, 11) is 0.437.